The van der Waals surface area contributed by atoms with E-state index in [4.69, 9.17) is 23.2 Å². The van der Waals surface area contributed by atoms with Crippen LogP contribution in [0.2, 0.25) is 10.0 Å². The van der Waals surface area contributed by atoms with E-state index in [2.05, 4.69) is 31.3 Å². The van der Waals surface area contributed by atoms with Crippen LogP contribution in [0.3, 0.4) is 0 Å². The number of hydrogen-bond donors (Lipinski definition) is 1. The molecule has 0 aliphatic rings. The van der Waals surface area contributed by atoms with Gasteiger partial charge in [0.05, 0.1) is 5.75 Å². The molecule has 0 aliphatic heterocycles. The lowest BCUT2D eigenvalue weighted by Crippen LogP contribution is -2.48. The van der Waals surface area contributed by atoms with Crippen molar-refractivity contribution in [3.05, 3.63) is 69.2 Å². The summed E-state index contributed by atoms with van der Waals surface area (Å²) in [6, 6.07) is 12.7. The molecule has 0 saturated carbocycles. The summed E-state index contributed by atoms with van der Waals surface area (Å²) in [6.45, 7) is 6.65. The summed E-state index contributed by atoms with van der Waals surface area (Å²) in [5.41, 5.74) is 3.05. The number of aryl methyl sites for hydroxylation is 1. The van der Waals surface area contributed by atoms with Crippen molar-refractivity contribution in [2.75, 3.05) is 12.3 Å². The molecule has 0 radical (unpaired) electrons. The van der Waals surface area contributed by atoms with Gasteiger partial charge in [-0.3, -0.25) is 9.59 Å². The average Bonchev–Trinajstić information content (AvgIpc) is 2.74. The number of carbonyl (C=O) groups is 2. The number of carbonyl (C=O) groups excluding carboxylic acids is 2. The fourth-order valence-corrected chi connectivity index (χ4v) is 4.58. The van der Waals surface area contributed by atoms with Gasteiger partial charge in [0.15, 0.2) is 0 Å². The van der Waals surface area contributed by atoms with Gasteiger partial charge in [0, 0.05) is 34.5 Å². The van der Waals surface area contributed by atoms with Gasteiger partial charge in [-0.15, -0.1) is 11.8 Å². The van der Waals surface area contributed by atoms with Crippen LogP contribution < -0.4 is 5.32 Å². The van der Waals surface area contributed by atoms with Gasteiger partial charge < -0.3 is 10.2 Å². The summed E-state index contributed by atoms with van der Waals surface area (Å²) >= 11 is 14.2. The molecule has 1 atom stereocenters. The molecular formula is C24H30Cl2N2O2S. The van der Waals surface area contributed by atoms with Gasteiger partial charge in [-0.25, -0.2) is 0 Å². The minimum Gasteiger partial charge on any atom is -0.354 e. The Morgan fingerprint density at radius 1 is 1.10 bits per heavy atom. The molecule has 0 aliphatic carbocycles. The molecule has 0 aromatic heterocycles. The van der Waals surface area contributed by atoms with E-state index in [9.17, 15) is 9.59 Å². The third-order valence-electron chi connectivity index (χ3n) is 5.13. The van der Waals surface area contributed by atoms with Crippen LogP contribution in [-0.2, 0) is 21.9 Å². The van der Waals surface area contributed by atoms with Crippen LogP contribution in [-0.4, -0.2) is 35.1 Å². The molecule has 7 heteroatoms. The van der Waals surface area contributed by atoms with Gasteiger partial charge in [-0.1, -0.05) is 66.9 Å². The van der Waals surface area contributed by atoms with Crippen LogP contribution in [0.1, 0.15) is 43.4 Å². The maximum absolute atomic E-state index is 13.2. The normalized spacial score (nSPS) is 11.8. The van der Waals surface area contributed by atoms with Crippen molar-refractivity contribution in [3.63, 3.8) is 0 Å². The van der Waals surface area contributed by atoms with Crippen molar-refractivity contribution in [1.82, 2.24) is 10.2 Å². The molecule has 4 nitrogen and oxygen atoms in total. The first-order chi connectivity index (χ1) is 14.8. The van der Waals surface area contributed by atoms with Gasteiger partial charge >= 0.3 is 0 Å². The van der Waals surface area contributed by atoms with Crippen molar-refractivity contribution in [3.8, 4) is 0 Å². The molecule has 31 heavy (non-hydrogen) atoms. The number of benzene rings is 2. The highest BCUT2D eigenvalue weighted by molar-refractivity contribution is 7.99. The zero-order chi connectivity index (χ0) is 22.8. The summed E-state index contributed by atoms with van der Waals surface area (Å²) in [6.07, 6.45) is 1.89. The number of rotatable bonds is 11. The van der Waals surface area contributed by atoms with E-state index in [-0.39, 0.29) is 24.1 Å². The van der Waals surface area contributed by atoms with Crippen molar-refractivity contribution in [2.45, 2.75) is 52.0 Å². The van der Waals surface area contributed by atoms with Crippen molar-refractivity contribution >= 4 is 46.8 Å². The summed E-state index contributed by atoms with van der Waals surface area (Å²) in [5, 5.41) is 3.88. The van der Waals surface area contributed by atoms with E-state index in [0.717, 1.165) is 18.6 Å². The first-order valence-electron chi connectivity index (χ1n) is 10.5. The Balaban J connectivity index is 2.12. The number of unbranched alkanes of at least 4 members (excludes halogenated alkanes) is 1. The molecule has 0 bridgehead atoms. The Morgan fingerprint density at radius 2 is 1.77 bits per heavy atom. The largest absolute Gasteiger partial charge is 0.354 e. The second kappa shape index (κ2) is 13.0. The van der Waals surface area contributed by atoms with E-state index >= 15 is 0 Å². The molecule has 2 rings (SSSR count). The third kappa shape index (κ3) is 7.74. The lowest BCUT2D eigenvalue weighted by molar-refractivity contribution is -0.138. The first-order valence-corrected chi connectivity index (χ1v) is 12.4. The molecule has 0 fully saturated rings. The van der Waals surface area contributed by atoms with Crippen LogP contribution in [0.4, 0.5) is 0 Å². The Kier molecular flexibility index (Phi) is 10.7. The van der Waals surface area contributed by atoms with Crippen LogP contribution in [0, 0.1) is 6.92 Å². The monoisotopic (exact) mass is 480 g/mol. The SMILES string of the molecule is CCCCNC(=O)[C@@H](C)N(Cc1c(Cl)cccc1Cl)C(=O)CSCc1ccccc1C. The van der Waals surface area contributed by atoms with Gasteiger partial charge in [0.25, 0.3) is 0 Å². The second-order valence-corrected chi connectivity index (χ2v) is 9.26. The average molecular weight is 481 g/mol. The van der Waals surface area contributed by atoms with E-state index in [1.807, 2.05) is 12.1 Å². The minimum atomic E-state index is -0.629. The van der Waals surface area contributed by atoms with Crippen LogP contribution >= 0.6 is 35.0 Å². The maximum atomic E-state index is 13.2. The Bertz CT molecular complexity index is 871. The highest BCUT2D eigenvalue weighted by Gasteiger charge is 2.27. The highest BCUT2D eigenvalue weighted by atomic mass is 35.5. The lowest BCUT2D eigenvalue weighted by Gasteiger charge is -2.29. The standard InChI is InChI=1S/C24H30Cl2N2O2S/c1-4-5-13-27-24(30)18(3)28(14-20-21(25)11-8-12-22(20)26)23(29)16-31-15-19-10-7-6-9-17(19)2/h6-12,18H,4-5,13-16H2,1-3H3,(H,27,30)/t18-/m1/s1. The molecule has 0 spiro atoms. The van der Waals surface area contributed by atoms with E-state index in [1.165, 1.54) is 22.9 Å². The van der Waals surface area contributed by atoms with Gasteiger partial charge in [-0.2, -0.15) is 0 Å². The quantitative estimate of drug-likeness (QED) is 0.409. The van der Waals surface area contributed by atoms with E-state index in [1.54, 1.807) is 30.0 Å². The molecule has 0 unspecified atom stereocenters. The van der Waals surface area contributed by atoms with E-state index < -0.39 is 6.04 Å². The summed E-state index contributed by atoms with van der Waals surface area (Å²) < 4.78 is 0. The fourth-order valence-electron chi connectivity index (χ4n) is 3.08. The number of halogens is 2. The zero-order valence-electron chi connectivity index (χ0n) is 18.3. The Labute approximate surface area is 199 Å². The van der Waals surface area contributed by atoms with Crippen LogP contribution in [0.5, 0.6) is 0 Å². The molecule has 2 aromatic carbocycles. The van der Waals surface area contributed by atoms with Gasteiger partial charge in [-0.05, 0) is 43.5 Å². The molecule has 0 saturated heterocycles. The second-order valence-electron chi connectivity index (χ2n) is 7.46. The number of hydrogen-bond acceptors (Lipinski definition) is 3. The molecule has 1 N–H and O–H groups in total. The number of thioether (sulfide) groups is 1. The summed E-state index contributed by atoms with van der Waals surface area (Å²) in [4.78, 5) is 27.4. The van der Waals surface area contributed by atoms with E-state index in [0.29, 0.717) is 22.2 Å². The van der Waals surface area contributed by atoms with Crippen molar-refractivity contribution in [1.29, 1.82) is 0 Å². The smallest absolute Gasteiger partial charge is 0.242 e. The molecule has 2 amide bonds. The zero-order valence-corrected chi connectivity index (χ0v) is 20.6. The molecule has 0 heterocycles. The van der Waals surface area contributed by atoms with Crippen molar-refractivity contribution < 1.29 is 9.59 Å². The number of amides is 2. The minimum absolute atomic E-state index is 0.118. The molecule has 2 aromatic rings. The van der Waals surface area contributed by atoms with Crippen LogP contribution in [0.15, 0.2) is 42.5 Å². The lowest BCUT2D eigenvalue weighted by atomic mass is 10.1. The molecular weight excluding hydrogens is 451 g/mol. The number of nitrogens with one attached hydrogen (secondary N) is 1. The fraction of sp³-hybridized carbons (Fsp3) is 0.417. The summed E-state index contributed by atoms with van der Waals surface area (Å²) in [7, 11) is 0. The predicted molar refractivity (Wildman–Crippen MR) is 132 cm³/mol. The molecule has 168 valence electrons. The van der Waals surface area contributed by atoms with Crippen LogP contribution in [0.25, 0.3) is 0 Å². The van der Waals surface area contributed by atoms with Gasteiger partial charge in [0.1, 0.15) is 6.04 Å². The highest BCUT2D eigenvalue weighted by Crippen LogP contribution is 2.27. The number of nitrogens with zero attached hydrogens (tertiary/aromatic N) is 1. The maximum Gasteiger partial charge on any atom is 0.242 e. The van der Waals surface area contributed by atoms with Crippen molar-refractivity contribution in [2.24, 2.45) is 0 Å². The van der Waals surface area contributed by atoms with Gasteiger partial charge in [0.2, 0.25) is 11.8 Å². The summed E-state index contributed by atoms with van der Waals surface area (Å²) in [5.74, 6) is 0.709. The Morgan fingerprint density at radius 3 is 2.42 bits per heavy atom. The first kappa shape index (κ1) is 25.6. The third-order valence-corrected chi connectivity index (χ3v) is 6.81. The topological polar surface area (TPSA) is 49.4 Å². The predicted octanol–water partition coefficient (Wildman–Crippen LogP) is 5.87. The Hall–Kier alpha value is -1.69.